The molecule has 0 radical (unpaired) electrons. The fraction of sp³-hybridized carbons (Fsp3) is 0.304. The number of carbonyl (C=O) groups excluding carboxylic acids is 3. The molecule has 1 unspecified atom stereocenters. The first-order chi connectivity index (χ1) is 16.6. The van der Waals surface area contributed by atoms with Crippen LogP contribution in [-0.4, -0.2) is 49.1 Å². The number of fused-ring (bicyclic) bond motifs is 1. The first-order valence-corrected chi connectivity index (χ1v) is 12.5. The molecular formula is C23H25N5O6S. The number of aryl methyl sites for hydroxylation is 1. The first-order valence-electron chi connectivity index (χ1n) is 10.9. The number of primary sulfonamides is 1. The van der Waals surface area contributed by atoms with Gasteiger partial charge in [-0.2, -0.15) is 5.10 Å². The molecule has 2 aromatic carbocycles. The molecule has 0 aliphatic carbocycles. The Kier molecular flexibility index (Phi) is 6.85. The highest BCUT2D eigenvalue weighted by Crippen LogP contribution is 2.34. The SMILES string of the molecule is Cn1nc(C2CCC(=O)NC2=O)c2cccc(OCC(=O)NCCc3ccc(S(N)(=O)=O)cc3)c21. The Morgan fingerprint density at radius 1 is 1.23 bits per heavy atom. The van der Waals surface area contributed by atoms with Gasteiger partial charge in [0.25, 0.3) is 5.91 Å². The van der Waals surface area contributed by atoms with Crippen LogP contribution >= 0.6 is 0 Å². The molecule has 1 atom stereocenters. The van der Waals surface area contributed by atoms with Crippen LogP contribution in [0.1, 0.15) is 30.0 Å². The number of benzene rings is 2. The van der Waals surface area contributed by atoms with E-state index < -0.39 is 15.9 Å². The van der Waals surface area contributed by atoms with Crippen LogP contribution in [0.25, 0.3) is 10.9 Å². The average Bonchev–Trinajstić information content (AvgIpc) is 3.14. The summed E-state index contributed by atoms with van der Waals surface area (Å²) in [5.41, 5.74) is 2.06. The number of piperidine rings is 1. The minimum atomic E-state index is -3.74. The third kappa shape index (κ3) is 5.49. The van der Waals surface area contributed by atoms with Crippen molar-refractivity contribution in [1.82, 2.24) is 20.4 Å². The number of amides is 3. The van der Waals surface area contributed by atoms with E-state index in [2.05, 4.69) is 15.7 Å². The standard InChI is InChI=1S/C23H25N5O6S/c1-28-22-16(21(27-28)17-9-10-19(29)26-23(17)31)3-2-4-18(22)34-13-20(30)25-12-11-14-5-7-15(8-6-14)35(24,32)33/h2-8,17H,9-13H2,1H3,(H,25,30)(H2,24,32,33)(H,26,29,31). The third-order valence-electron chi connectivity index (χ3n) is 5.77. The molecule has 3 aromatic rings. The molecule has 0 saturated carbocycles. The number of imide groups is 1. The van der Waals surface area contributed by atoms with Crippen molar-refractivity contribution in [2.75, 3.05) is 13.2 Å². The molecule has 35 heavy (non-hydrogen) atoms. The summed E-state index contributed by atoms with van der Waals surface area (Å²) in [4.78, 5) is 36.1. The zero-order valence-electron chi connectivity index (χ0n) is 19.0. The lowest BCUT2D eigenvalue weighted by atomic mass is 9.93. The van der Waals surface area contributed by atoms with Crippen molar-refractivity contribution >= 4 is 38.6 Å². The van der Waals surface area contributed by atoms with Crippen molar-refractivity contribution in [3.05, 3.63) is 53.7 Å². The number of nitrogens with one attached hydrogen (secondary N) is 2. The molecule has 1 aromatic heterocycles. The fourth-order valence-corrected chi connectivity index (χ4v) is 4.56. The fourth-order valence-electron chi connectivity index (χ4n) is 4.04. The lowest BCUT2D eigenvalue weighted by Crippen LogP contribution is -2.39. The molecule has 4 rings (SSSR count). The topological polar surface area (TPSA) is 162 Å². The van der Waals surface area contributed by atoms with Crippen molar-refractivity contribution in [2.45, 2.75) is 30.1 Å². The molecule has 1 aliphatic rings. The number of nitrogens with zero attached hydrogens (tertiary/aromatic N) is 2. The highest BCUT2D eigenvalue weighted by molar-refractivity contribution is 7.89. The number of carbonyl (C=O) groups is 3. The number of para-hydroxylation sites is 1. The molecule has 0 spiro atoms. The van der Waals surface area contributed by atoms with Crippen LogP contribution in [0.2, 0.25) is 0 Å². The Hall–Kier alpha value is -3.77. The zero-order chi connectivity index (χ0) is 25.2. The van der Waals surface area contributed by atoms with Crippen LogP contribution in [0.5, 0.6) is 5.75 Å². The van der Waals surface area contributed by atoms with Gasteiger partial charge in [-0.25, -0.2) is 13.6 Å². The van der Waals surface area contributed by atoms with E-state index in [1.165, 1.54) is 12.1 Å². The van der Waals surface area contributed by atoms with Gasteiger partial charge in [-0.3, -0.25) is 24.4 Å². The van der Waals surface area contributed by atoms with Gasteiger partial charge < -0.3 is 10.1 Å². The van der Waals surface area contributed by atoms with Gasteiger partial charge in [0.2, 0.25) is 21.8 Å². The molecule has 4 N–H and O–H groups in total. The van der Waals surface area contributed by atoms with Crippen molar-refractivity contribution < 1.29 is 27.5 Å². The molecule has 11 nitrogen and oxygen atoms in total. The van der Waals surface area contributed by atoms with E-state index in [0.29, 0.717) is 36.3 Å². The predicted octanol–water partition coefficient (Wildman–Crippen LogP) is 0.479. The van der Waals surface area contributed by atoms with Gasteiger partial charge in [-0.15, -0.1) is 0 Å². The third-order valence-corrected chi connectivity index (χ3v) is 6.70. The van der Waals surface area contributed by atoms with Crippen LogP contribution in [0, 0.1) is 0 Å². The van der Waals surface area contributed by atoms with Crippen LogP contribution in [0.15, 0.2) is 47.4 Å². The maximum atomic E-state index is 12.3. The smallest absolute Gasteiger partial charge is 0.257 e. The lowest BCUT2D eigenvalue weighted by molar-refractivity contribution is -0.134. The molecule has 3 amide bonds. The lowest BCUT2D eigenvalue weighted by Gasteiger charge is -2.19. The van der Waals surface area contributed by atoms with Crippen molar-refractivity contribution in [2.24, 2.45) is 12.2 Å². The van der Waals surface area contributed by atoms with E-state index in [1.807, 2.05) is 6.07 Å². The van der Waals surface area contributed by atoms with Crippen LogP contribution in [0.4, 0.5) is 0 Å². The number of sulfonamides is 1. The number of aromatic nitrogens is 2. The molecule has 1 saturated heterocycles. The highest BCUT2D eigenvalue weighted by Gasteiger charge is 2.32. The van der Waals surface area contributed by atoms with Gasteiger partial charge in [0, 0.05) is 25.4 Å². The van der Waals surface area contributed by atoms with E-state index in [1.54, 1.807) is 36.0 Å². The molecule has 184 valence electrons. The summed E-state index contributed by atoms with van der Waals surface area (Å²) in [5, 5.41) is 15.4. The molecule has 1 fully saturated rings. The predicted molar refractivity (Wildman–Crippen MR) is 126 cm³/mol. The Morgan fingerprint density at radius 2 is 1.97 bits per heavy atom. The highest BCUT2D eigenvalue weighted by atomic mass is 32.2. The van der Waals surface area contributed by atoms with Crippen LogP contribution < -0.4 is 20.5 Å². The van der Waals surface area contributed by atoms with Gasteiger partial charge in [-0.05, 0) is 36.6 Å². The second-order valence-electron chi connectivity index (χ2n) is 8.24. The summed E-state index contributed by atoms with van der Waals surface area (Å²) < 4.78 is 30.0. The summed E-state index contributed by atoms with van der Waals surface area (Å²) in [6, 6.07) is 11.4. The average molecular weight is 500 g/mol. The Bertz CT molecular complexity index is 1400. The van der Waals surface area contributed by atoms with Gasteiger partial charge >= 0.3 is 0 Å². The van der Waals surface area contributed by atoms with E-state index in [-0.39, 0.29) is 35.6 Å². The van der Waals surface area contributed by atoms with E-state index in [4.69, 9.17) is 9.88 Å². The van der Waals surface area contributed by atoms with Gasteiger partial charge in [0.15, 0.2) is 6.61 Å². The molecule has 0 bridgehead atoms. The number of hydrogen-bond acceptors (Lipinski definition) is 7. The number of ether oxygens (including phenoxy) is 1. The molecular weight excluding hydrogens is 474 g/mol. The van der Waals surface area contributed by atoms with Crippen molar-refractivity contribution in [3.8, 4) is 5.75 Å². The normalized spacial score (nSPS) is 16.2. The summed E-state index contributed by atoms with van der Waals surface area (Å²) in [7, 11) is -2.01. The largest absolute Gasteiger partial charge is 0.482 e. The van der Waals surface area contributed by atoms with Crippen LogP contribution in [0.3, 0.4) is 0 Å². The number of nitrogens with two attached hydrogens (primary N) is 1. The molecule has 1 aliphatic heterocycles. The minimum absolute atomic E-state index is 0.0313. The van der Waals surface area contributed by atoms with Crippen LogP contribution in [-0.2, 0) is 37.9 Å². The second kappa shape index (κ2) is 9.84. The molecule has 2 heterocycles. The summed E-state index contributed by atoms with van der Waals surface area (Å²) in [6.45, 7) is 0.120. The first kappa shape index (κ1) is 24.4. The van der Waals surface area contributed by atoms with Gasteiger partial charge in [-0.1, -0.05) is 24.3 Å². The molecule has 12 heteroatoms. The zero-order valence-corrected chi connectivity index (χ0v) is 19.8. The monoisotopic (exact) mass is 499 g/mol. The maximum absolute atomic E-state index is 12.3. The Balaban J connectivity index is 1.37. The van der Waals surface area contributed by atoms with E-state index >= 15 is 0 Å². The Labute approximate surface area is 201 Å². The van der Waals surface area contributed by atoms with Crippen molar-refractivity contribution in [3.63, 3.8) is 0 Å². The number of rotatable bonds is 8. The summed E-state index contributed by atoms with van der Waals surface area (Å²) in [6.07, 6.45) is 1.14. The summed E-state index contributed by atoms with van der Waals surface area (Å²) >= 11 is 0. The van der Waals surface area contributed by atoms with E-state index in [0.717, 1.165) is 10.9 Å². The van der Waals surface area contributed by atoms with Crippen molar-refractivity contribution in [1.29, 1.82) is 0 Å². The van der Waals surface area contributed by atoms with Gasteiger partial charge in [0.05, 0.1) is 16.5 Å². The second-order valence-corrected chi connectivity index (χ2v) is 9.80. The summed E-state index contributed by atoms with van der Waals surface area (Å²) in [5.74, 6) is -1.07. The maximum Gasteiger partial charge on any atom is 0.257 e. The quantitative estimate of drug-likeness (QED) is 0.380. The Morgan fingerprint density at radius 3 is 2.66 bits per heavy atom. The van der Waals surface area contributed by atoms with Gasteiger partial charge in [0.1, 0.15) is 11.3 Å². The minimum Gasteiger partial charge on any atom is -0.482 e. The number of hydrogen-bond donors (Lipinski definition) is 3. The van der Waals surface area contributed by atoms with E-state index in [9.17, 15) is 22.8 Å².